The van der Waals surface area contributed by atoms with Gasteiger partial charge in [-0.15, -0.1) is 0 Å². The van der Waals surface area contributed by atoms with Crippen LogP contribution in [-0.2, 0) is 11.3 Å². The Morgan fingerprint density at radius 2 is 2.32 bits per heavy atom. The number of fused-ring (bicyclic) bond motifs is 1. The molecule has 100 valence electrons. The maximum atomic E-state index is 13.7. The molecule has 1 aliphatic rings. The Balaban J connectivity index is 1.90. The summed E-state index contributed by atoms with van der Waals surface area (Å²) in [7, 11) is 0. The van der Waals surface area contributed by atoms with E-state index < -0.39 is 0 Å². The van der Waals surface area contributed by atoms with E-state index in [1.807, 2.05) is 6.07 Å². The molecule has 1 aromatic carbocycles. The van der Waals surface area contributed by atoms with Crippen LogP contribution in [0.15, 0.2) is 30.5 Å². The average molecular weight is 260 g/mol. The number of pyridine rings is 1. The van der Waals surface area contributed by atoms with Crippen LogP contribution in [-0.4, -0.2) is 35.7 Å². The second-order valence-corrected chi connectivity index (χ2v) is 5.02. The predicted molar refractivity (Wildman–Crippen MR) is 72.4 cm³/mol. The fourth-order valence-corrected chi connectivity index (χ4v) is 2.60. The van der Waals surface area contributed by atoms with Crippen LogP contribution in [0.5, 0.6) is 0 Å². The van der Waals surface area contributed by atoms with Crippen LogP contribution in [0.1, 0.15) is 12.5 Å². The lowest BCUT2D eigenvalue weighted by Gasteiger charge is -2.31. The van der Waals surface area contributed by atoms with Gasteiger partial charge in [0.2, 0.25) is 0 Å². The van der Waals surface area contributed by atoms with Crippen molar-refractivity contribution in [3.63, 3.8) is 0 Å². The fraction of sp³-hybridized carbons (Fsp3) is 0.400. The standard InChI is InChI=1S/C15H17FN2O/c1-11-9-18(7-8-19-11)10-12-4-5-14(16)13-3-2-6-17-15(12)13/h2-6,11H,7-10H2,1H3. The van der Waals surface area contributed by atoms with Crippen LogP contribution in [0.3, 0.4) is 0 Å². The van der Waals surface area contributed by atoms with E-state index in [0.717, 1.165) is 37.3 Å². The summed E-state index contributed by atoms with van der Waals surface area (Å²) in [4.78, 5) is 6.66. The first-order valence-electron chi connectivity index (χ1n) is 6.60. The summed E-state index contributed by atoms with van der Waals surface area (Å²) in [5, 5.41) is 0.598. The summed E-state index contributed by atoms with van der Waals surface area (Å²) in [6, 6.07) is 6.92. The Bertz CT molecular complexity index is 587. The summed E-state index contributed by atoms with van der Waals surface area (Å²) >= 11 is 0. The molecule has 1 unspecified atom stereocenters. The molecule has 0 bridgehead atoms. The molecule has 1 fully saturated rings. The molecule has 4 heteroatoms. The van der Waals surface area contributed by atoms with Gasteiger partial charge in [-0.05, 0) is 30.7 Å². The van der Waals surface area contributed by atoms with Crippen molar-refractivity contribution in [2.45, 2.75) is 19.6 Å². The molecule has 2 aromatic rings. The fourth-order valence-electron chi connectivity index (χ4n) is 2.60. The molecule has 1 aromatic heterocycles. The predicted octanol–water partition coefficient (Wildman–Crippen LogP) is 2.59. The largest absolute Gasteiger partial charge is 0.376 e. The van der Waals surface area contributed by atoms with E-state index in [0.29, 0.717) is 5.39 Å². The van der Waals surface area contributed by atoms with Crippen LogP contribution in [0.2, 0.25) is 0 Å². The first-order chi connectivity index (χ1) is 9.24. The number of ether oxygens (including phenoxy) is 1. The normalized spacial score (nSPS) is 20.8. The molecule has 0 N–H and O–H groups in total. The lowest BCUT2D eigenvalue weighted by atomic mass is 10.1. The summed E-state index contributed by atoms with van der Waals surface area (Å²) < 4.78 is 19.3. The van der Waals surface area contributed by atoms with E-state index in [-0.39, 0.29) is 11.9 Å². The van der Waals surface area contributed by atoms with Crippen LogP contribution in [0.25, 0.3) is 10.9 Å². The molecule has 1 atom stereocenters. The molecule has 19 heavy (non-hydrogen) atoms. The highest BCUT2D eigenvalue weighted by Crippen LogP contribution is 2.21. The molecule has 3 rings (SSSR count). The topological polar surface area (TPSA) is 25.4 Å². The summed E-state index contributed by atoms with van der Waals surface area (Å²) in [6.07, 6.45) is 1.97. The van der Waals surface area contributed by atoms with Crippen molar-refractivity contribution < 1.29 is 9.13 Å². The van der Waals surface area contributed by atoms with Gasteiger partial charge in [0.25, 0.3) is 0 Å². The Hall–Kier alpha value is -1.52. The lowest BCUT2D eigenvalue weighted by Crippen LogP contribution is -2.40. The minimum atomic E-state index is -0.206. The van der Waals surface area contributed by atoms with Gasteiger partial charge in [0.1, 0.15) is 5.82 Å². The van der Waals surface area contributed by atoms with Crippen molar-refractivity contribution in [3.05, 3.63) is 41.8 Å². The number of nitrogens with zero attached hydrogens (tertiary/aromatic N) is 2. The van der Waals surface area contributed by atoms with E-state index in [1.54, 1.807) is 18.3 Å². The molecular weight excluding hydrogens is 243 g/mol. The van der Waals surface area contributed by atoms with Gasteiger partial charge in [0, 0.05) is 31.2 Å². The van der Waals surface area contributed by atoms with Gasteiger partial charge in [-0.3, -0.25) is 9.88 Å². The zero-order valence-electron chi connectivity index (χ0n) is 11.0. The van der Waals surface area contributed by atoms with Gasteiger partial charge in [-0.25, -0.2) is 4.39 Å². The monoisotopic (exact) mass is 260 g/mol. The molecular formula is C15H17FN2O. The lowest BCUT2D eigenvalue weighted by molar-refractivity contribution is -0.0211. The summed E-state index contributed by atoms with van der Waals surface area (Å²) in [5.41, 5.74) is 1.84. The molecule has 0 saturated carbocycles. The highest BCUT2D eigenvalue weighted by atomic mass is 19.1. The van der Waals surface area contributed by atoms with Gasteiger partial charge in [0.15, 0.2) is 0 Å². The Labute approximate surface area is 112 Å². The number of hydrogen-bond donors (Lipinski definition) is 0. The van der Waals surface area contributed by atoms with E-state index in [2.05, 4.69) is 16.8 Å². The van der Waals surface area contributed by atoms with Crippen molar-refractivity contribution in [1.82, 2.24) is 9.88 Å². The third-order valence-corrected chi connectivity index (χ3v) is 3.52. The maximum absolute atomic E-state index is 13.7. The number of morpholine rings is 1. The molecule has 2 heterocycles. The zero-order valence-corrected chi connectivity index (χ0v) is 11.0. The number of hydrogen-bond acceptors (Lipinski definition) is 3. The second kappa shape index (κ2) is 5.23. The van der Waals surface area contributed by atoms with Gasteiger partial charge in [-0.2, -0.15) is 0 Å². The highest BCUT2D eigenvalue weighted by Gasteiger charge is 2.18. The number of aromatic nitrogens is 1. The third kappa shape index (κ3) is 2.60. The van der Waals surface area contributed by atoms with Gasteiger partial charge >= 0.3 is 0 Å². The van der Waals surface area contributed by atoms with Crippen molar-refractivity contribution in [3.8, 4) is 0 Å². The quantitative estimate of drug-likeness (QED) is 0.830. The van der Waals surface area contributed by atoms with E-state index >= 15 is 0 Å². The summed E-state index contributed by atoms with van der Waals surface area (Å²) in [5.74, 6) is -0.206. The van der Waals surface area contributed by atoms with Crippen molar-refractivity contribution in [2.24, 2.45) is 0 Å². The van der Waals surface area contributed by atoms with Crippen molar-refractivity contribution in [2.75, 3.05) is 19.7 Å². The molecule has 0 amide bonds. The minimum absolute atomic E-state index is 0.206. The molecule has 0 radical (unpaired) electrons. The first-order valence-corrected chi connectivity index (χ1v) is 6.60. The highest BCUT2D eigenvalue weighted by molar-refractivity contribution is 5.82. The molecule has 1 aliphatic heterocycles. The SMILES string of the molecule is CC1CN(Cc2ccc(F)c3cccnc23)CCO1. The molecule has 0 spiro atoms. The van der Waals surface area contributed by atoms with Crippen molar-refractivity contribution in [1.29, 1.82) is 0 Å². The maximum Gasteiger partial charge on any atom is 0.132 e. The molecule has 0 aliphatic carbocycles. The Morgan fingerprint density at radius 1 is 1.42 bits per heavy atom. The number of benzene rings is 1. The Kier molecular flexibility index (Phi) is 3.44. The van der Waals surface area contributed by atoms with Crippen molar-refractivity contribution >= 4 is 10.9 Å². The number of halogens is 1. The number of rotatable bonds is 2. The van der Waals surface area contributed by atoms with Crippen LogP contribution < -0.4 is 0 Å². The smallest absolute Gasteiger partial charge is 0.132 e. The van der Waals surface area contributed by atoms with Crippen LogP contribution in [0, 0.1) is 5.82 Å². The van der Waals surface area contributed by atoms with Crippen LogP contribution >= 0.6 is 0 Å². The van der Waals surface area contributed by atoms with E-state index in [1.165, 1.54) is 6.07 Å². The molecule has 3 nitrogen and oxygen atoms in total. The molecule has 1 saturated heterocycles. The second-order valence-electron chi connectivity index (χ2n) is 5.02. The minimum Gasteiger partial charge on any atom is -0.376 e. The van der Waals surface area contributed by atoms with E-state index in [9.17, 15) is 4.39 Å². The van der Waals surface area contributed by atoms with Crippen LogP contribution in [0.4, 0.5) is 4.39 Å². The first kappa shape index (κ1) is 12.5. The Morgan fingerprint density at radius 3 is 3.16 bits per heavy atom. The van der Waals surface area contributed by atoms with Gasteiger partial charge in [-0.1, -0.05) is 6.07 Å². The van der Waals surface area contributed by atoms with Gasteiger partial charge in [0.05, 0.1) is 18.2 Å². The third-order valence-electron chi connectivity index (χ3n) is 3.52. The van der Waals surface area contributed by atoms with Gasteiger partial charge < -0.3 is 4.74 Å². The zero-order chi connectivity index (χ0) is 13.2. The summed E-state index contributed by atoms with van der Waals surface area (Å²) in [6.45, 7) is 5.45. The average Bonchev–Trinajstić information content (AvgIpc) is 2.42. The van der Waals surface area contributed by atoms with E-state index in [4.69, 9.17) is 4.74 Å².